The number of hydrogen-bond donors (Lipinski definition) is 0. The van der Waals surface area contributed by atoms with Crippen molar-refractivity contribution in [3.8, 4) is 0 Å². The van der Waals surface area contributed by atoms with Gasteiger partial charge in [0.15, 0.2) is 0 Å². The Balaban J connectivity index is 1.67. The fourth-order valence-electron chi connectivity index (χ4n) is 2.24. The van der Waals surface area contributed by atoms with Gasteiger partial charge in [-0.1, -0.05) is 6.92 Å². The maximum atomic E-state index is 5.82. The molecule has 0 bridgehead atoms. The standard InChI is InChI=1S/C17H18O3/c1-3-13-6-7-15(19-13)11-17-9-8-16(20-17)10-14-5-4-12(2)18-14/h4-9H,3,10-11H2,1-2H3. The minimum Gasteiger partial charge on any atom is -0.466 e. The summed E-state index contributed by atoms with van der Waals surface area (Å²) in [6.07, 6.45) is 2.30. The van der Waals surface area contributed by atoms with Crippen molar-refractivity contribution in [3.63, 3.8) is 0 Å². The minimum absolute atomic E-state index is 0.687. The summed E-state index contributed by atoms with van der Waals surface area (Å²) in [7, 11) is 0. The molecule has 0 saturated carbocycles. The highest BCUT2D eigenvalue weighted by atomic mass is 16.4. The summed E-state index contributed by atoms with van der Waals surface area (Å²) in [6.45, 7) is 4.03. The zero-order valence-corrected chi connectivity index (χ0v) is 11.8. The Hall–Kier alpha value is -2.16. The number of rotatable bonds is 5. The Morgan fingerprint density at radius 3 is 1.55 bits per heavy atom. The van der Waals surface area contributed by atoms with Crippen molar-refractivity contribution in [1.29, 1.82) is 0 Å². The summed E-state index contributed by atoms with van der Waals surface area (Å²) in [6, 6.07) is 12.0. The van der Waals surface area contributed by atoms with Crippen LogP contribution in [0.2, 0.25) is 0 Å². The monoisotopic (exact) mass is 270 g/mol. The van der Waals surface area contributed by atoms with Gasteiger partial charge >= 0.3 is 0 Å². The summed E-state index contributed by atoms with van der Waals surface area (Å²) >= 11 is 0. The van der Waals surface area contributed by atoms with Gasteiger partial charge in [0.1, 0.15) is 34.6 Å². The van der Waals surface area contributed by atoms with Gasteiger partial charge in [-0.2, -0.15) is 0 Å². The molecule has 104 valence electrons. The van der Waals surface area contributed by atoms with Crippen molar-refractivity contribution in [2.75, 3.05) is 0 Å². The molecule has 0 saturated heterocycles. The molecule has 0 fully saturated rings. The Morgan fingerprint density at radius 1 is 0.650 bits per heavy atom. The first-order valence-corrected chi connectivity index (χ1v) is 6.93. The SMILES string of the molecule is CCc1ccc(Cc2ccc(Cc3ccc(C)o3)o2)o1. The highest BCUT2D eigenvalue weighted by Crippen LogP contribution is 2.19. The molecule has 0 aliphatic heterocycles. The van der Waals surface area contributed by atoms with Crippen molar-refractivity contribution in [3.05, 3.63) is 71.0 Å². The third-order valence-corrected chi connectivity index (χ3v) is 3.28. The van der Waals surface area contributed by atoms with E-state index in [4.69, 9.17) is 13.3 Å². The summed E-state index contributed by atoms with van der Waals surface area (Å²) in [5.41, 5.74) is 0. The van der Waals surface area contributed by atoms with Crippen LogP contribution in [0.5, 0.6) is 0 Å². The highest BCUT2D eigenvalue weighted by molar-refractivity contribution is 5.19. The van der Waals surface area contributed by atoms with Crippen molar-refractivity contribution in [2.24, 2.45) is 0 Å². The molecule has 3 heterocycles. The zero-order chi connectivity index (χ0) is 13.9. The molecule has 0 N–H and O–H groups in total. The number of hydrogen-bond acceptors (Lipinski definition) is 3. The first-order valence-electron chi connectivity index (χ1n) is 6.93. The lowest BCUT2D eigenvalue weighted by Crippen LogP contribution is -1.83. The molecule has 3 aromatic heterocycles. The second-order valence-corrected chi connectivity index (χ2v) is 4.96. The van der Waals surface area contributed by atoms with E-state index in [1.807, 2.05) is 43.3 Å². The molecule has 0 amide bonds. The van der Waals surface area contributed by atoms with Crippen molar-refractivity contribution < 1.29 is 13.3 Å². The van der Waals surface area contributed by atoms with Gasteiger partial charge in [-0.05, 0) is 43.3 Å². The molecule has 3 aromatic rings. The molecule has 20 heavy (non-hydrogen) atoms. The first-order chi connectivity index (χ1) is 9.72. The summed E-state index contributed by atoms with van der Waals surface area (Å²) in [5.74, 6) is 5.63. The Labute approximate surface area is 118 Å². The van der Waals surface area contributed by atoms with Gasteiger partial charge in [0, 0.05) is 6.42 Å². The van der Waals surface area contributed by atoms with Crippen LogP contribution in [0.1, 0.15) is 41.5 Å². The average Bonchev–Trinajstić information content (AvgIpc) is 3.13. The van der Waals surface area contributed by atoms with Crippen LogP contribution >= 0.6 is 0 Å². The molecule has 3 heteroatoms. The van der Waals surface area contributed by atoms with E-state index in [2.05, 4.69) is 6.92 Å². The molecule has 0 radical (unpaired) electrons. The fourth-order valence-corrected chi connectivity index (χ4v) is 2.24. The second-order valence-electron chi connectivity index (χ2n) is 4.96. The number of furan rings is 3. The van der Waals surface area contributed by atoms with Crippen LogP contribution in [0.4, 0.5) is 0 Å². The first kappa shape index (κ1) is 12.9. The van der Waals surface area contributed by atoms with E-state index >= 15 is 0 Å². The van der Waals surface area contributed by atoms with Crippen LogP contribution < -0.4 is 0 Å². The van der Waals surface area contributed by atoms with Gasteiger partial charge in [-0.15, -0.1) is 0 Å². The van der Waals surface area contributed by atoms with Gasteiger partial charge in [-0.25, -0.2) is 0 Å². The van der Waals surface area contributed by atoms with E-state index in [1.165, 1.54) is 0 Å². The van der Waals surface area contributed by atoms with Crippen molar-refractivity contribution >= 4 is 0 Å². The summed E-state index contributed by atoms with van der Waals surface area (Å²) in [4.78, 5) is 0. The average molecular weight is 270 g/mol. The lowest BCUT2D eigenvalue weighted by molar-refractivity contribution is 0.427. The van der Waals surface area contributed by atoms with Gasteiger partial charge in [0.2, 0.25) is 0 Å². The fraction of sp³-hybridized carbons (Fsp3) is 0.294. The molecule has 0 unspecified atom stereocenters. The van der Waals surface area contributed by atoms with Gasteiger partial charge in [0.25, 0.3) is 0 Å². The minimum atomic E-state index is 0.687. The topological polar surface area (TPSA) is 39.4 Å². The molecular formula is C17H18O3. The Kier molecular flexibility index (Phi) is 3.50. The molecule has 0 atom stereocenters. The molecule has 0 aromatic carbocycles. The van der Waals surface area contributed by atoms with E-state index in [0.29, 0.717) is 12.8 Å². The van der Waals surface area contributed by atoms with E-state index in [1.54, 1.807) is 0 Å². The number of aryl methyl sites for hydroxylation is 2. The van der Waals surface area contributed by atoms with E-state index < -0.39 is 0 Å². The van der Waals surface area contributed by atoms with Crippen LogP contribution in [-0.2, 0) is 19.3 Å². The van der Waals surface area contributed by atoms with Crippen LogP contribution in [0, 0.1) is 6.92 Å². The Morgan fingerprint density at radius 2 is 1.10 bits per heavy atom. The third kappa shape index (κ3) is 2.87. The van der Waals surface area contributed by atoms with Crippen LogP contribution in [0.25, 0.3) is 0 Å². The lowest BCUT2D eigenvalue weighted by atomic mass is 10.2. The molecule has 3 nitrogen and oxygen atoms in total. The molecule has 0 aliphatic carbocycles. The molecule has 0 aliphatic rings. The van der Waals surface area contributed by atoms with E-state index in [-0.39, 0.29) is 0 Å². The van der Waals surface area contributed by atoms with Gasteiger partial charge < -0.3 is 13.3 Å². The van der Waals surface area contributed by atoms with E-state index in [9.17, 15) is 0 Å². The second kappa shape index (κ2) is 5.45. The van der Waals surface area contributed by atoms with Gasteiger partial charge in [0.05, 0.1) is 12.8 Å². The Bertz CT molecular complexity index is 684. The smallest absolute Gasteiger partial charge is 0.111 e. The van der Waals surface area contributed by atoms with E-state index in [0.717, 1.165) is 41.0 Å². The third-order valence-electron chi connectivity index (χ3n) is 3.28. The summed E-state index contributed by atoms with van der Waals surface area (Å²) < 4.78 is 17.1. The summed E-state index contributed by atoms with van der Waals surface area (Å²) in [5, 5.41) is 0. The normalized spacial score (nSPS) is 11.1. The van der Waals surface area contributed by atoms with Gasteiger partial charge in [-0.3, -0.25) is 0 Å². The van der Waals surface area contributed by atoms with Crippen molar-refractivity contribution in [1.82, 2.24) is 0 Å². The van der Waals surface area contributed by atoms with Crippen LogP contribution in [0.15, 0.2) is 49.6 Å². The maximum absolute atomic E-state index is 5.82. The predicted molar refractivity (Wildman–Crippen MR) is 75.9 cm³/mol. The largest absolute Gasteiger partial charge is 0.466 e. The van der Waals surface area contributed by atoms with Crippen molar-refractivity contribution in [2.45, 2.75) is 33.1 Å². The van der Waals surface area contributed by atoms with Crippen LogP contribution in [0.3, 0.4) is 0 Å². The molecule has 3 rings (SSSR count). The predicted octanol–water partition coefficient (Wildman–Crippen LogP) is 4.52. The maximum Gasteiger partial charge on any atom is 0.111 e. The zero-order valence-electron chi connectivity index (χ0n) is 11.8. The highest BCUT2D eigenvalue weighted by Gasteiger charge is 2.08. The molecule has 0 spiro atoms. The quantitative estimate of drug-likeness (QED) is 0.684. The van der Waals surface area contributed by atoms with Crippen LogP contribution in [-0.4, -0.2) is 0 Å². The lowest BCUT2D eigenvalue weighted by Gasteiger charge is -1.95. The molecular weight excluding hydrogens is 252 g/mol.